The van der Waals surface area contributed by atoms with Crippen molar-refractivity contribution < 1.29 is 5.11 Å². The van der Waals surface area contributed by atoms with Gasteiger partial charge in [-0.3, -0.25) is 0 Å². The van der Waals surface area contributed by atoms with Crippen molar-refractivity contribution in [1.29, 1.82) is 0 Å². The summed E-state index contributed by atoms with van der Waals surface area (Å²) in [7, 11) is 0. The summed E-state index contributed by atoms with van der Waals surface area (Å²) in [4.78, 5) is 10.4. The maximum absolute atomic E-state index is 9.93. The lowest BCUT2D eigenvalue weighted by Gasteiger charge is -2.33. The molecule has 0 bridgehead atoms. The second-order valence-corrected chi connectivity index (χ2v) is 6.82. The molecule has 1 aliphatic rings. The van der Waals surface area contributed by atoms with Gasteiger partial charge in [0.2, 0.25) is 0 Å². The van der Waals surface area contributed by atoms with Gasteiger partial charge in [-0.1, -0.05) is 6.92 Å². The largest absolute Gasteiger partial charge is 0.385 e. The maximum atomic E-state index is 9.93. The van der Waals surface area contributed by atoms with Gasteiger partial charge in [-0.05, 0) is 20.4 Å². The van der Waals surface area contributed by atoms with Crippen molar-refractivity contribution in [2.75, 3.05) is 39.3 Å². The third-order valence-electron chi connectivity index (χ3n) is 3.71. The standard InChI is InChI=1S/C14H25N3OS/c1-4-16-7-9-17(10-8-16)6-5-13-15-11-12(19-13)14(2,3)18/h11,18H,4-10H2,1-3H3. The van der Waals surface area contributed by atoms with Crippen molar-refractivity contribution in [2.45, 2.75) is 32.8 Å². The molecule has 2 heterocycles. The van der Waals surface area contributed by atoms with Crippen LogP contribution < -0.4 is 0 Å². The molecular weight excluding hydrogens is 258 g/mol. The van der Waals surface area contributed by atoms with E-state index in [0.717, 1.165) is 42.5 Å². The molecule has 4 nitrogen and oxygen atoms in total. The van der Waals surface area contributed by atoms with Gasteiger partial charge in [0.15, 0.2) is 0 Å². The van der Waals surface area contributed by atoms with Crippen LogP contribution in [0.15, 0.2) is 6.20 Å². The van der Waals surface area contributed by atoms with E-state index in [1.54, 1.807) is 11.3 Å². The lowest BCUT2D eigenvalue weighted by Crippen LogP contribution is -2.46. The van der Waals surface area contributed by atoms with Gasteiger partial charge in [0.05, 0.1) is 15.5 Å². The third-order valence-corrected chi connectivity index (χ3v) is 5.08. The molecule has 0 radical (unpaired) electrons. The summed E-state index contributed by atoms with van der Waals surface area (Å²) in [6.07, 6.45) is 2.81. The molecule has 1 aromatic heterocycles. The highest BCUT2D eigenvalue weighted by atomic mass is 32.1. The van der Waals surface area contributed by atoms with Crippen LogP contribution in [0.4, 0.5) is 0 Å². The molecule has 0 saturated carbocycles. The van der Waals surface area contributed by atoms with Gasteiger partial charge in [-0.25, -0.2) is 4.98 Å². The second-order valence-electron chi connectivity index (χ2n) is 5.70. The Labute approximate surface area is 120 Å². The number of hydrogen-bond donors (Lipinski definition) is 1. The van der Waals surface area contributed by atoms with Gasteiger partial charge in [0.1, 0.15) is 0 Å². The van der Waals surface area contributed by atoms with E-state index in [1.807, 2.05) is 20.0 Å². The first-order chi connectivity index (χ1) is 8.99. The highest BCUT2D eigenvalue weighted by Crippen LogP contribution is 2.25. The fourth-order valence-corrected chi connectivity index (χ4v) is 3.20. The third kappa shape index (κ3) is 4.24. The molecule has 0 aliphatic carbocycles. The number of rotatable bonds is 5. The van der Waals surface area contributed by atoms with Crippen molar-refractivity contribution in [3.8, 4) is 0 Å². The minimum atomic E-state index is -0.761. The molecule has 19 heavy (non-hydrogen) atoms. The van der Waals surface area contributed by atoms with Gasteiger partial charge >= 0.3 is 0 Å². The number of hydrogen-bond acceptors (Lipinski definition) is 5. The topological polar surface area (TPSA) is 39.6 Å². The van der Waals surface area contributed by atoms with Gasteiger partial charge in [0, 0.05) is 45.3 Å². The average Bonchev–Trinajstić information content (AvgIpc) is 2.86. The molecule has 1 fully saturated rings. The number of nitrogens with zero attached hydrogens (tertiary/aromatic N) is 3. The normalized spacial score (nSPS) is 18.9. The Balaban J connectivity index is 1.78. The molecule has 0 spiro atoms. The molecule has 5 heteroatoms. The summed E-state index contributed by atoms with van der Waals surface area (Å²) >= 11 is 1.64. The van der Waals surface area contributed by atoms with Crippen molar-refractivity contribution in [1.82, 2.24) is 14.8 Å². The quantitative estimate of drug-likeness (QED) is 0.890. The molecule has 0 atom stereocenters. The Bertz CT molecular complexity index is 392. The number of aliphatic hydroxyl groups is 1. The maximum Gasteiger partial charge on any atom is 0.0948 e. The number of aromatic nitrogens is 1. The van der Waals surface area contributed by atoms with Crippen LogP contribution in [0, 0.1) is 0 Å². The Morgan fingerprint density at radius 1 is 1.26 bits per heavy atom. The summed E-state index contributed by atoms with van der Waals surface area (Å²) in [5, 5.41) is 11.1. The van der Waals surface area contributed by atoms with Crippen LogP contribution in [0.5, 0.6) is 0 Å². The smallest absolute Gasteiger partial charge is 0.0948 e. The van der Waals surface area contributed by atoms with Gasteiger partial charge in [-0.2, -0.15) is 0 Å². The van der Waals surface area contributed by atoms with Crippen molar-refractivity contribution in [3.05, 3.63) is 16.1 Å². The van der Waals surface area contributed by atoms with Crippen molar-refractivity contribution in [3.63, 3.8) is 0 Å². The fourth-order valence-electron chi connectivity index (χ4n) is 2.29. The molecule has 0 amide bonds. The molecule has 1 aliphatic heterocycles. The van der Waals surface area contributed by atoms with Crippen LogP contribution in [-0.4, -0.2) is 59.2 Å². The summed E-state index contributed by atoms with van der Waals surface area (Å²) in [5.41, 5.74) is -0.761. The average molecular weight is 283 g/mol. The Kier molecular flexibility index (Phi) is 4.95. The van der Waals surface area contributed by atoms with E-state index in [0.29, 0.717) is 0 Å². The number of likely N-dealkylation sites (N-methyl/N-ethyl adjacent to an activating group) is 1. The highest BCUT2D eigenvalue weighted by Gasteiger charge is 2.20. The monoisotopic (exact) mass is 283 g/mol. The zero-order chi connectivity index (χ0) is 13.9. The molecule has 108 valence electrons. The molecule has 1 aromatic rings. The molecule has 1 N–H and O–H groups in total. The highest BCUT2D eigenvalue weighted by molar-refractivity contribution is 7.11. The first-order valence-electron chi connectivity index (χ1n) is 7.11. The molecule has 1 saturated heterocycles. The van der Waals surface area contributed by atoms with Gasteiger partial charge in [-0.15, -0.1) is 11.3 Å². The van der Waals surface area contributed by atoms with Crippen LogP contribution in [0.3, 0.4) is 0 Å². The lowest BCUT2D eigenvalue weighted by atomic mass is 10.1. The Morgan fingerprint density at radius 3 is 2.42 bits per heavy atom. The van der Waals surface area contributed by atoms with E-state index in [1.165, 1.54) is 13.1 Å². The number of piperazine rings is 1. The SMILES string of the molecule is CCN1CCN(CCc2ncc(C(C)(C)O)s2)CC1. The van der Waals surface area contributed by atoms with Crippen molar-refractivity contribution >= 4 is 11.3 Å². The molecule has 2 rings (SSSR count). The summed E-state index contributed by atoms with van der Waals surface area (Å²) in [5.74, 6) is 0. The van der Waals surface area contributed by atoms with E-state index in [-0.39, 0.29) is 0 Å². The van der Waals surface area contributed by atoms with E-state index < -0.39 is 5.60 Å². The van der Waals surface area contributed by atoms with E-state index >= 15 is 0 Å². The minimum absolute atomic E-state index is 0.761. The minimum Gasteiger partial charge on any atom is -0.385 e. The van der Waals surface area contributed by atoms with Crippen LogP contribution in [0.25, 0.3) is 0 Å². The van der Waals surface area contributed by atoms with E-state index in [4.69, 9.17) is 0 Å². The zero-order valence-corrected chi connectivity index (χ0v) is 13.0. The Hall–Kier alpha value is -0.490. The first-order valence-corrected chi connectivity index (χ1v) is 7.93. The molecular formula is C14H25N3OS. The van der Waals surface area contributed by atoms with E-state index in [2.05, 4.69) is 21.7 Å². The van der Waals surface area contributed by atoms with Gasteiger partial charge in [0.25, 0.3) is 0 Å². The van der Waals surface area contributed by atoms with Crippen LogP contribution >= 0.6 is 11.3 Å². The predicted molar refractivity (Wildman–Crippen MR) is 79.6 cm³/mol. The summed E-state index contributed by atoms with van der Waals surface area (Å²) < 4.78 is 0. The van der Waals surface area contributed by atoms with E-state index in [9.17, 15) is 5.11 Å². The van der Waals surface area contributed by atoms with Crippen LogP contribution in [0.1, 0.15) is 30.7 Å². The first kappa shape index (κ1) is 14.9. The number of thiazole rings is 1. The molecule has 0 aromatic carbocycles. The molecule has 0 unspecified atom stereocenters. The van der Waals surface area contributed by atoms with Crippen molar-refractivity contribution in [2.24, 2.45) is 0 Å². The van der Waals surface area contributed by atoms with Crippen LogP contribution in [0.2, 0.25) is 0 Å². The van der Waals surface area contributed by atoms with Crippen LogP contribution in [-0.2, 0) is 12.0 Å². The summed E-state index contributed by atoms with van der Waals surface area (Å²) in [6, 6.07) is 0. The van der Waals surface area contributed by atoms with Gasteiger partial charge < -0.3 is 14.9 Å². The summed E-state index contributed by atoms with van der Waals surface area (Å²) in [6.45, 7) is 12.8. The fraction of sp³-hybridized carbons (Fsp3) is 0.786. The Morgan fingerprint density at radius 2 is 1.89 bits per heavy atom. The lowest BCUT2D eigenvalue weighted by molar-refractivity contribution is 0.0823. The second kappa shape index (κ2) is 6.31. The zero-order valence-electron chi connectivity index (χ0n) is 12.2. The predicted octanol–water partition coefficient (Wildman–Crippen LogP) is 1.55.